The van der Waals surface area contributed by atoms with Crippen LogP contribution in [0.15, 0.2) is 40.9 Å². The van der Waals surface area contributed by atoms with Gasteiger partial charge in [-0.15, -0.1) is 0 Å². The lowest BCUT2D eigenvalue weighted by Gasteiger charge is -2.34. The van der Waals surface area contributed by atoms with Gasteiger partial charge in [0.1, 0.15) is 5.76 Å². The van der Waals surface area contributed by atoms with Crippen molar-refractivity contribution in [3.8, 4) is 0 Å². The molecule has 2 aromatic rings. The Hall–Kier alpha value is -2.67. The second-order valence-corrected chi connectivity index (χ2v) is 7.60. The van der Waals surface area contributed by atoms with E-state index < -0.39 is 6.10 Å². The lowest BCUT2D eigenvalue weighted by molar-refractivity contribution is -0.120. The number of aromatic nitrogens is 1. The minimum Gasteiger partial charge on any atom is -0.391 e. The van der Waals surface area contributed by atoms with Gasteiger partial charge < -0.3 is 20.3 Å². The summed E-state index contributed by atoms with van der Waals surface area (Å²) in [6.07, 6.45) is 2.00. The molecule has 1 heterocycles. The van der Waals surface area contributed by atoms with Crippen LogP contribution >= 0.6 is 0 Å². The van der Waals surface area contributed by atoms with E-state index in [4.69, 9.17) is 4.52 Å². The molecular weight excluding hydrogens is 358 g/mol. The van der Waals surface area contributed by atoms with Crippen LogP contribution in [0, 0.1) is 6.92 Å². The van der Waals surface area contributed by atoms with Crippen molar-refractivity contribution in [3.05, 3.63) is 53.4 Å². The highest BCUT2D eigenvalue weighted by Crippen LogP contribution is 2.38. The number of nitrogens with one attached hydrogen (secondary N) is 2. The Morgan fingerprint density at radius 2 is 1.96 bits per heavy atom. The predicted octanol–water partition coefficient (Wildman–Crippen LogP) is 2.09. The summed E-state index contributed by atoms with van der Waals surface area (Å²) in [5, 5.41) is 20.1. The zero-order valence-electron chi connectivity index (χ0n) is 16.3. The van der Waals surface area contributed by atoms with Crippen molar-refractivity contribution < 1.29 is 19.2 Å². The van der Waals surface area contributed by atoms with Crippen LogP contribution in [0.5, 0.6) is 0 Å². The van der Waals surface area contributed by atoms with Gasteiger partial charge in [-0.25, -0.2) is 0 Å². The molecule has 2 amide bonds. The second-order valence-electron chi connectivity index (χ2n) is 7.60. The smallest absolute Gasteiger partial charge is 0.273 e. The third kappa shape index (κ3) is 4.59. The van der Waals surface area contributed by atoms with E-state index in [1.807, 2.05) is 18.2 Å². The zero-order chi connectivity index (χ0) is 20.1. The highest BCUT2D eigenvalue weighted by molar-refractivity contribution is 5.92. The van der Waals surface area contributed by atoms with Crippen molar-refractivity contribution in [1.82, 2.24) is 15.8 Å². The summed E-state index contributed by atoms with van der Waals surface area (Å²) in [5.74, 6) is 0.153. The molecule has 1 saturated carbocycles. The largest absolute Gasteiger partial charge is 0.391 e. The van der Waals surface area contributed by atoms with E-state index in [1.54, 1.807) is 13.0 Å². The van der Waals surface area contributed by atoms with Gasteiger partial charge >= 0.3 is 0 Å². The fourth-order valence-electron chi connectivity index (χ4n) is 3.98. The van der Waals surface area contributed by atoms with Gasteiger partial charge in [0.15, 0.2) is 5.69 Å². The summed E-state index contributed by atoms with van der Waals surface area (Å²) >= 11 is 0. The third-order valence-electron chi connectivity index (χ3n) is 5.54. The monoisotopic (exact) mass is 385 g/mol. The number of rotatable bonds is 5. The summed E-state index contributed by atoms with van der Waals surface area (Å²) in [6.45, 7) is 3.62. The van der Waals surface area contributed by atoms with E-state index in [0.29, 0.717) is 31.6 Å². The van der Waals surface area contributed by atoms with Crippen LogP contribution in [0.2, 0.25) is 0 Å². The summed E-state index contributed by atoms with van der Waals surface area (Å²) in [7, 11) is 0. The fraction of sp³-hybridized carbons (Fsp3) is 0.476. The molecule has 1 aliphatic rings. The van der Waals surface area contributed by atoms with Gasteiger partial charge in [0, 0.05) is 24.9 Å². The Morgan fingerprint density at radius 1 is 1.25 bits per heavy atom. The van der Waals surface area contributed by atoms with Gasteiger partial charge in [0.2, 0.25) is 5.91 Å². The SMILES string of the molecule is CC(=O)N[C@H]1CC[C@](CNC(=O)c2cc(C)on2)(c2ccccc2)CC[C@@H]1O. The number of aliphatic hydroxyl groups excluding tert-OH is 1. The maximum absolute atomic E-state index is 12.5. The topological polar surface area (TPSA) is 104 Å². The normalized spacial score (nSPS) is 25.0. The zero-order valence-corrected chi connectivity index (χ0v) is 16.3. The van der Waals surface area contributed by atoms with E-state index in [2.05, 4.69) is 27.9 Å². The molecule has 1 aliphatic carbocycles. The van der Waals surface area contributed by atoms with Crippen molar-refractivity contribution >= 4 is 11.8 Å². The van der Waals surface area contributed by atoms with Gasteiger partial charge in [-0.2, -0.15) is 0 Å². The van der Waals surface area contributed by atoms with E-state index in [0.717, 1.165) is 12.0 Å². The molecule has 0 radical (unpaired) electrons. The van der Waals surface area contributed by atoms with Crippen molar-refractivity contribution in [1.29, 1.82) is 0 Å². The highest BCUT2D eigenvalue weighted by Gasteiger charge is 2.38. The minimum absolute atomic E-state index is 0.147. The van der Waals surface area contributed by atoms with Crippen LogP contribution < -0.4 is 10.6 Å². The Kier molecular flexibility index (Phi) is 6.14. The van der Waals surface area contributed by atoms with Crippen molar-refractivity contribution in [2.24, 2.45) is 0 Å². The molecule has 0 aliphatic heterocycles. The molecule has 3 rings (SSSR count). The predicted molar refractivity (Wildman–Crippen MR) is 104 cm³/mol. The molecule has 7 nitrogen and oxygen atoms in total. The quantitative estimate of drug-likeness (QED) is 0.684. The first kappa shape index (κ1) is 20.1. The molecule has 1 fully saturated rings. The Labute approximate surface area is 164 Å². The average molecular weight is 385 g/mol. The molecule has 1 aromatic heterocycles. The number of aryl methyl sites for hydroxylation is 1. The summed E-state index contributed by atoms with van der Waals surface area (Å²) < 4.78 is 4.99. The van der Waals surface area contributed by atoms with E-state index >= 15 is 0 Å². The Balaban J connectivity index is 1.80. The van der Waals surface area contributed by atoms with Crippen LogP contribution in [-0.2, 0) is 10.2 Å². The Bertz CT molecular complexity index is 820. The molecule has 0 saturated heterocycles. The first-order valence-electron chi connectivity index (χ1n) is 9.62. The number of carbonyl (C=O) groups is 2. The van der Waals surface area contributed by atoms with Crippen LogP contribution in [-0.4, -0.2) is 40.8 Å². The van der Waals surface area contributed by atoms with Gasteiger partial charge in [-0.3, -0.25) is 9.59 Å². The summed E-state index contributed by atoms with van der Waals surface area (Å²) in [5.41, 5.74) is 1.04. The number of nitrogens with zero attached hydrogens (tertiary/aromatic N) is 1. The summed E-state index contributed by atoms with van der Waals surface area (Å²) in [4.78, 5) is 24.0. The van der Waals surface area contributed by atoms with Crippen LogP contribution in [0.3, 0.4) is 0 Å². The first-order valence-corrected chi connectivity index (χ1v) is 9.62. The van der Waals surface area contributed by atoms with Gasteiger partial charge in [0.25, 0.3) is 5.91 Å². The average Bonchev–Trinajstić information content (AvgIpc) is 3.06. The molecule has 150 valence electrons. The van der Waals surface area contributed by atoms with E-state index in [9.17, 15) is 14.7 Å². The second kappa shape index (κ2) is 8.56. The first-order chi connectivity index (χ1) is 13.4. The number of hydrogen-bond acceptors (Lipinski definition) is 5. The lowest BCUT2D eigenvalue weighted by atomic mass is 9.74. The molecule has 1 aromatic carbocycles. The molecule has 0 bridgehead atoms. The fourth-order valence-corrected chi connectivity index (χ4v) is 3.98. The number of hydrogen-bond donors (Lipinski definition) is 3. The number of benzene rings is 1. The van der Waals surface area contributed by atoms with Crippen molar-refractivity contribution in [2.45, 2.75) is 57.1 Å². The number of amides is 2. The molecule has 28 heavy (non-hydrogen) atoms. The van der Waals surface area contributed by atoms with Crippen molar-refractivity contribution in [3.63, 3.8) is 0 Å². The highest BCUT2D eigenvalue weighted by atomic mass is 16.5. The molecular formula is C21H27N3O4. The summed E-state index contributed by atoms with van der Waals surface area (Å²) in [6, 6.07) is 11.3. The van der Waals surface area contributed by atoms with E-state index in [-0.39, 0.29) is 29.0 Å². The molecule has 7 heteroatoms. The number of aliphatic hydroxyl groups is 1. The third-order valence-corrected chi connectivity index (χ3v) is 5.54. The van der Waals surface area contributed by atoms with Gasteiger partial charge in [-0.1, -0.05) is 35.5 Å². The number of carbonyl (C=O) groups excluding carboxylic acids is 2. The Morgan fingerprint density at radius 3 is 2.61 bits per heavy atom. The van der Waals surface area contributed by atoms with Gasteiger partial charge in [-0.05, 0) is 38.2 Å². The van der Waals surface area contributed by atoms with Crippen LogP contribution in [0.4, 0.5) is 0 Å². The lowest BCUT2D eigenvalue weighted by Crippen LogP contribution is -2.42. The maximum Gasteiger partial charge on any atom is 0.273 e. The van der Waals surface area contributed by atoms with E-state index in [1.165, 1.54) is 6.92 Å². The van der Waals surface area contributed by atoms with Gasteiger partial charge in [0.05, 0.1) is 12.1 Å². The van der Waals surface area contributed by atoms with Crippen molar-refractivity contribution in [2.75, 3.05) is 6.54 Å². The molecule has 3 atom stereocenters. The van der Waals surface area contributed by atoms with Crippen LogP contribution in [0.25, 0.3) is 0 Å². The molecule has 0 unspecified atom stereocenters. The van der Waals surface area contributed by atoms with Crippen LogP contribution in [0.1, 0.15) is 54.4 Å². The molecule has 3 N–H and O–H groups in total. The molecule has 0 spiro atoms. The standard InChI is InChI=1S/C21H27N3O4/c1-14-12-18(24-28-14)20(27)22-13-21(16-6-4-3-5-7-16)10-8-17(23-15(2)25)19(26)9-11-21/h3-7,12,17,19,26H,8-11,13H2,1-2H3,(H,22,27)(H,23,25)/t17-,19-,21-/m0/s1. The maximum atomic E-state index is 12.5. The minimum atomic E-state index is -0.608.